The number of anilines is 1. The average Bonchev–Trinajstić information content (AvgIpc) is 2.75. The van der Waals surface area contributed by atoms with Crippen LogP contribution in [0.5, 0.6) is 5.75 Å². The first-order valence-corrected chi connectivity index (χ1v) is 12.0. The zero-order valence-electron chi connectivity index (χ0n) is 20.8. The van der Waals surface area contributed by atoms with Gasteiger partial charge in [0.2, 0.25) is 5.91 Å². The maximum absolute atomic E-state index is 13.5. The van der Waals surface area contributed by atoms with Crippen LogP contribution in [0.15, 0.2) is 6.07 Å². The first kappa shape index (κ1) is 25.0. The van der Waals surface area contributed by atoms with Gasteiger partial charge in [-0.2, -0.15) is 0 Å². The molecule has 1 fully saturated rings. The van der Waals surface area contributed by atoms with Crippen molar-refractivity contribution in [3.63, 3.8) is 0 Å². The fraction of sp³-hybridized carbons (Fsp3) is 0.640. The van der Waals surface area contributed by atoms with Crippen molar-refractivity contribution in [2.24, 2.45) is 0 Å². The van der Waals surface area contributed by atoms with E-state index < -0.39 is 5.60 Å². The van der Waals surface area contributed by atoms with E-state index in [-0.39, 0.29) is 29.7 Å². The first-order valence-electron chi connectivity index (χ1n) is 12.0. The molecule has 33 heavy (non-hydrogen) atoms. The van der Waals surface area contributed by atoms with Crippen LogP contribution in [0.4, 0.5) is 5.69 Å². The van der Waals surface area contributed by atoms with Crippen LogP contribution >= 0.6 is 0 Å². The van der Waals surface area contributed by atoms with E-state index in [9.17, 15) is 14.4 Å². The van der Waals surface area contributed by atoms with Crippen LogP contribution in [0.25, 0.3) is 0 Å². The summed E-state index contributed by atoms with van der Waals surface area (Å²) >= 11 is 0. The molecule has 0 bridgehead atoms. The molecule has 0 saturated carbocycles. The van der Waals surface area contributed by atoms with Gasteiger partial charge in [-0.15, -0.1) is 0 Å². The highest BCUT2D eigenvalue weighted by Gasteiger charge is 2.43. The van der Waals surface area contributed by atoms with E-state index >= 15 is 0 Å². The highest BCUT2D eigenvalue weighted by Crippen LogP contribution is 2.45. The lowest BCUT2D eigenvalue weighted by Gasteiger charge is -2.41. The highest BCUT2D eigenvalue weighted by molar-refractivity contribution is 6.07. The number of amides is 3. The molecule has 0 spiro atoms. The van der Waals surface area contributed by atoms with Gasteiger partial charge in [0.15, 0.2) is 5.60 Å². The Morgan fingerprint density at radius 1 is 1.33 bits per heavy atom. The van der Waals surface area contributed by atoms with Crippen molar-refractivity contribution in [2.45, 2.75) is 78.4 Å². The molecule has 0 radical (unpaired) electrons. The fourth-order valence-corrected chi connectivity index (χ4v) is 4.64. The lowest BCUT2D eigenvalue weighted by molar-refractivity contribution is -0.132. The number of aryl methyl sites for hydroxylation is 1. The standard InChI is InChI=1S/C25H38N4O4/c1-7-19(30)27-11-12-29-22-18(33-25(5,6)24(29)32)13-16(4)21(20(22)15(2)3)23(31)28-17-9-8-10-26-14-17/h13,15,17,26H,7-12,14H2,1-6H3,(H,27,30)(H,28,31)/t17-/m1/s1. The van der Waals surface area contributed by atoms with Crippen molar-refractivity contribution in [2.75, 3.05) is 31.1 Å². The number of nitrogens with one attached hydrogen (secondary N) is 3. The highest BCUT2D eigenvalue weighted by atomic mass is 16.5. The van der Waals surface area contributed by atoms with E-state index in [1.165, 1.54) is 0 Å². The quantitative estimate of drug-likeness (QED) is 0.583. The van der Waals surface area contributed by atoms with Gasteiger partial charge in [0.25, 0.3) is 11.8 Å². The molecule has 182 valence electrons. The lowest BCUT2D eigenvalue weighted by atomic mass is 9.88. The van der Waals surface area contributed by atoms with Gasteiger partial charge in [-0.1, -0.05) is 20.8 Å². The molecule has 0 unspecified atom stereocenters. The number of nitrogens with zero attached hydrogens (tertiary/aromatic N) is 1. The number of rotatable bonds is 7. The Morgan fingerprint density at radius 2 is 2.06 bits per heavy atom. The number of hydrogen-bond donors (Lipinski definition) is 3. The number of carbonyl (C=O) groups excluding carboxylic acids is 3. The summed E-state index contributed by atoms with van der Waals surface area (Å²) in [5.41, 5.74) is 1.82. The van der Waals surface area contributed by atoms with E-state index in [1.807, 2.05) is 26.8 Å². The van der Waals surface area contributed by atoms with Gasteiger partial charge in [0.05, 0.1) is 5.69 Å². The predicted octanol–water partition coefficient (Wildman–Crippen LogP) is 2.63. The summed E-state index contributed by atoms with van der Waals surface area (Å²) in [5, 5.41) is 9.36. The fourth-order valence-electron chi connectivity index (χ4n) is 4.64. The Morgan fingerprint density at radius 3 is 2.67 bits per heavy atom. The molecular formula is C25H38N4O4. The molecule has 2 aliphatic heterocycles. The molecule has 3 rings (SSSR count). The molecule has 0 aliphatic carbocycles. The zero-order valence-corrected chi connectivity index (χ0v) is 20.8. The van der Waals surface area contributed by atoms with Crippen LogP contribution in [0.3, 0.4) is 0 Å². The molecule has 8 heteroatoms. The van der Waals surface area contributed by atoms with Crippen molar-refractivity contribution >= 4 is 23.4 Å². The molecular weight excluding hydrogens is 420 g/mol. The minimum absolute atomic E-state index is 0.0192. The number of fused-ring (bicyclic) bond motifs is 1. The summed E-state index contributed by atoms with van der Waals surface area (Å²) in [6, 6.07) is 1.94. The second kappa shape index (κ2) is 10.1. The smallest absolute Gasteiger partial charge is 0.270 e. The SMILES string of the molecule is CCC(=O)NCCN1C(=O)C(C)(C)Oc2cc(C)c(C(=O)N[C@@H]3CCCNC3)c(C(C)C)c21. The summed E-state index contributed by atoms with van der Waals surface area (Å²) in [7, 11) is 0. The molecule has 8 nitrogen and oxygen atoms in total. The number of carbonyl (C=O) groups is 3. The maximum Gasteiger partial charge on any atom is 0.270 e. The minimum Gasteiger partial charge on any atom is -0.476 e. The molecule has 1 atom stereocenters. The van der Waals surface area contributed by atoms with Crippen LogP contribution in [-0.4, -0.2) is 55.5 Å². The normalized spacial score (nSPS) is 19.7. The monoisotopic (exact) mass is 458 g/mol. The minimum atomic E-state index is -1.04. The van der Waals surface area contributed by atoms with Crippen LogP contribution in [0, 0.1) is 6.92 Å². The Labute approximate surface area is 196 Å². The lowest BCUT2D eigenvalue weighted by Crippen LogP contribution is -2.54. The van der Waals surface area contributed by atoms with Crippen LogP contribution in [0.2, 0.25) is 0 Å². The van der Waals surface area contributed by atoms with Crippen molar-refractivity contribution in [3.8, 4) is 5.75 Å². The Bertz CT molecular complexity index is 919. The van der Waals surface area contributed by atoms with Crippen molar-refractivity contribution in [3.05, 3.63) is 22.8 Å². The van der Waals surface area contributed by atoms with Gasteiger partial charge >= 0.3 is 0 Å². The van der Waals surface area contributed by atoms with E-state index in [1.54, 1.807) is 25.7 Å². The molecule has 0 aromatic heterocycles. The van der Waals surface area contributed by atoms with Crippen molar-refractivity contribution in [1.29, 1.82) is 0 Å². The summed E-state index contributed by atoms with van der Waals surface area (Å²) in [6.07, 6.45) is 2.36. The van der Waals surface area contributed by atoms with Crippen molar-refractivity contribution in [1.82, 2.24) is 16.0 Å². The van der Waals surface area contributed by atoms with Crippen LogP contribution in [0.1, 0.15) is 81.3 Å². The van der Waals surface area contributed by atoms with Gasteiger partial charge in [0.1, 0.15) is 5.75 Å². The molecule has 1 aromatic carbocycles. The summed E-state index contributed by atoms with van der Waals surface area (Å²) < 4.78 is 6.15. The second-order valence-corrected chi connectivity index (χ2v) is 9.77. The number of ether oxygens (including phenoxy) is 1. The third-order valence-electron chi connectivity index (χ3n) is 6.31. The predicted molar refractivity (Wildman–Crippen MR) is 129 cm³/mol. The second-order valence-electron chi connectivity index (χ2n) is 9.77. The van der Waals surface area contributed by atoms with Crippen LogP contribution < -0.4 is 25.6 Å². The summed E-state index contributed by atoms with van der Waals surface area (Å²) in [4.78, 5) is 40.3. The third kappa shape index (κ3) is 5.32. The molecule has 2 heterocycles. The maximum atomic E-state index is 13.5. The van der Waals surface area contributed by atoms with Crippen molar-refractivity contribution < 1.29 is 19.1 Å². The Balaban J connectivity index is 2.05. The van der Waals surface area contributed by atoms with Gasteiger partial charge in [-0.05, 0) is 63.3 Å². The van der Waals surface area contributed by atoms with E-state index in [4.69, 9.17) is 4.74 Å². The van der Waals surface area contributed by atoms with E-state index in [0.29, 0.717) is 36.5 Å². The topological polar surface area (TPSA) is 99.8 Å². The summed E-state index contributed by atoms with van der Waals surface area (Å²) in [6.45, 7) is 13.6. The van der Waals surface area contributed by atoms with Crippen LogP contribution in [-0.2, 0) is 9.59 Å². The molecule has 1 aromatic rings. The van der Waals surface area contributed by atoms with Gasteiger partial charge in [-0.25, -0.2) is 0 Å². The zero-order chi connectivity index (χ0) is 24.3. The van der Waals surface area contributed by atoms with E-state index in [0.717, 1.165) is 37.1 Å². The van der Waals surface area contributed by atoms with Gasteiger partial charge in [-0.3, -0.25) is 14.4 Å². The van der Waals surface area contributed by atoms with Gasteiger partial charge < -0.3 is 25.6 Å². The third-order valence-corrected chi connectivity index (χ3v) is 6.31. The number of hydrogen-bond acceptors (Lipinski definition) is 5. The van der Waals surface area contributed by atoms with Gasteiger partial charge in [0, 0.05) is 37.7 Å². The van der Waals surface area contributed by atoms with E-state index in [2.05, 4.69) is 16.0 Å². The average molecular weight is 459 g/mol. The summed E-state index contributed by atoms with van der Waals surface area (Å²) in [5.74, 6) is 0.204. The Hall–Kier alpha value is -2.61. The first-order chi connectivity index (χ1) is 15.6. The molecule has 3 N–H and O–H groups in total. The molecule has 2 aliphatic rings. The Kier molecular flexibility index (Phi) is 7.67. The largest absolute Gasteiger partial charge is 0.476 e. The molecule has 1 saturated heterocycles. The number of piperidine rings is 1. The number of benzene rings is 1. The molecule has 3 amide bonds.